The maximum Gasteiger partial charge on any atom is 0.313 e. The Balaban J connectivity index is 2.34. The molecule has 0 bridgehead atoms. The number of hydrogen-bond acceptors (Lipinski definition) is 2. The van der Waals surface area contributed by atoms with Gasteiger partial charge >= 0.3 is 5.97 Å². The summed E-state index contributed by atoms with van der Waals surface area (Å²) in [6.07, 6.45) is 1.84. The summed E-state index contributed by atoms with van der Waals surface area (Å²) in [5, 5.41) is 19.6. The highest BCUT2D eigenvalue weighted by molar-refractivity contribution is 5.78. The van der Waals surface area contributed by atoms with Crippen molar-refractivity contribution in [2.75, 3.05) is 0 Å². The second-order valence-corrected chi connectivity index (χ2v) is 4.68. The van der Waals surface area contributed by atoms with Crippen molar-refractivity contribution in [2.45, 2.75) is 31.3 Å². The van der Waals surface area contributed by atoms with E-state index in [1.54, 1.807) is 31.2 Å². The molecule has 1 aliphatic carbocycles. The number of rotatable bonds is 4. The van der Waals surface area contributed by atoms with Crippen LogP contribution in [0.15, 0.2) is 30.3 Å². The topological polar surface area (TPSA) is 57.5 Å². The molecule has 16 heavy (non-hydrogen) atoms. The quantitative estimate of drug-likeness (QED) is 0.816. The van der Waals surface area contributed by atoms with E-state index in [4.69, 9.17) is 0 Å². The van der Waals surface area contributed by atoms with Crippen molar-refractivity contribution in [1.29, 1.82) is 0 Å². The van der Waals surface area contributed by atoms with Gasteiger partial charge in [0.25, 0.3) is 0 Å². The second kappa shape index (κ2) is 3.91. The molecule has 0 unspecified atom stereocenters. The highest BCUT2D eigenvalue weighted by atomic mass is 16.4. The number of aliphatic hydroxyl groups is 1. The Morgan fingerprint density at radius 2 is 1.94 bits per heavy atom. The highest BCUT2D eigenvalue weighted by Gasteiger charge is 2.49. The van der Waals surface area contributed by atoms with Crippen LogP contribution in [0.2, 0.25) is 0 Å². The Labute approximate surface area is 94.7 Å². The first-order chi connectivity index (χ1) is 7.53. The number of aliphatic carboxylic acids is 1. The number of hydrogen-bond donors (Lipinski definition) is 2. The van der Waals surface area contributed by atoms with Gasteiger partial charge in [0.05, 0.1) is 5.60 Å². The molecule has 2 rings (SSSR count). The molecule has 1 aromatic carbocycles. The molecule has 0 radical (unpaired) electrons. The summed E-state index contributed by atoms with van der Waals surface area (Å²) < 4.78 is 0. The van der Waals surface area contributed by atoms with E-state index in [-0.39, 0.29) is 5.92 Å². The van der Waals surface area contributed by atoms with Crippen molar-refractivity contribution < 1.29 is 15.0 Å². The zero-order valence-electron chi connectivity index (χ0n) is 9.26. The van der Waals surface area contributed by atoms with Crippen molar-refractivity contribution in [2.24, 2.45) is 5.92 Å². The van der Waals surface area contributed by atoms with Crippen LogP contribution >= 0.6 is 0 Å². The molecular weight excluding hydrogens is 204 g/mol. The number of carbonyl (C=O) groups is 1. The predicted octanol–water partition coefficient (Wildman–Crippen LogP) is 2.02. The zero-order valence-corrected chi connectivity index (χ0v) is 9.26. The smallest absolute Gasteiger partial charge is 0.313 e. The van der Waals surface area contributed by atoms with E-state index in [2.05, 4.69) is 0 Å². The minimum Gasteiger partial charge on any atom is -0.481 e. The maximum absolute atomic E-state index is 11.3. The lowest BCUT2D eigenvalue weighted by molar-refractivity contribution is -0.146. The Hall–Kier alpha value is -1.35. The zero-order chi connectivity index (χ0) is 11.8. The third kappa shape index (κ3) is 1.95. The molecule has 86 valence electrons. The van der Waals surface area contributed by atoms with Crippen LogP contribution < -0.4 is 0 Å². The SMILES string of the molecule is C[C@](O)(C1CC1)[C@@H](C(=O)O)c1ccccc1. The molecule has 1 aliphatic rings. The van der Waals surface area contributed by atoms with Crippen molar-refractivity contribution >= 4 is 5.97 Å². The van der Waals surface area contributed by atoms with Gasteiger partial charge in [0, 0.05) is 0 Å². The van der Waals surface area contributed by atoms with Crippen molar-refractivity contribution in [1.82, 2.24) is 0 Å². The predicted molar refractivity (Wildman–Crippen MR) is 60.2 cm³/mol. The van der Waals surface area contributed by atoms with Crippen LogP contribution in [0.1, 0.15) is 31.2 Å². The second-order valence-electron chi connectivity index (χ2n) is 4.68. The molecule has 0 heterocycles. The summed E-state index contributed by atoms with van der Waals surface area (Å²) in [5.41, 5.74) is -0.473. The van der Waals surface area contributed by atoms with Gasteiger partial charge in [0.15, 0.2) is 0 Å². The van der Waals surface area contributed by atoms with Gasteiger partial charge in [-0.3, -0.25) is 4.79 Å². The van der Waals surface area contributed by atoms with Crippen LogP contribution in [0.5, 0.6) is 0 Å². The first kappa shape index (κ1) is 11.1. The fourth-order valence-electron chi connectivity index (χ4n) is 2.28. The molecule has 3 heteroatoms. The lowest BCUT2D eigenvalue weighted by atomic mass is 9.80. The number of carboxylic acid groups (broad SMARTS) is 1. The van der Waals surface area contributed by atoms with E-state index in [0.717, 1.165) is 12.8 Å². The van der Waals surface area contributed by atoms with Gasteiger partial charge in [-0.25, -0.2) is 0 Å². The minimum atomic E-state index is -1.15. The standard InChI is InChI=1S/C13H16O3/c1-13(16,10-7-8-10)11(12(14)15)9-5-3-2-4-6-9/h2-6,10-11,16H,7-8H2,1H3,(H,14,15)/t11-,13+/m1/s1. The molecule has 0 aromatic heterocycles. The summed E-state index contributed by atoms with van der Waals surface area (Å²) >= 11 is 0. The van der Waals surface area contributed by atoms with E-state index in [1.807, 2.05) is 6.07 Å². The molecule has 1 saturated carbocycles. The van der Waals surface area contributed by atoms with Gasteiger partial charge in [-0.2, -0.15) is 0 Å². The van der Waals surface area contributed by atoms with Gasteiger partial charge in [-0.1, -0.05) is 30.3 Å². The third-order valence-corrected chi connectivity index (χ3v) is 3.37. The van der Waals surface area contributed by atoms with Crippen LogP contribution in [0, 0.1) is 5.92 Å². The monoisotopic (exact) mass is 220 g/mol. The largest absolute Gasteiger partial charge is 0.481 e. The molecule has 2 atom stereocenters. The van der Waals surface area contributed by atoms with Crippen LogP contribution in [-0.2, 0) is 4.79 Å². The Morgan fingerprint density at radius 1 is 1.38 bits per heavy atom. The van der Waals surface area contributed by atoms with E-state index in [1.165, 1.54) is 0 Å². The summed E-state index contributed by atoms with van der Waals surface area (Å²) in [5.74, 6) is -1.67. The average Bonchev–Trinajstić information content (AvgIpc) is 3.01. The Kier molecular flexibility index (Phi) is 2.72. The van der Waals surface area contributed by atoms with E-state index >= 15 is 0 Å². The summed E-state index contributed by atoms with van der Waals surface area (Å²) in [7, 11) is 0. The molecule has 2 N–H and O–H groups in total. The van der Waals surface area contributed by atoms with Gasteiger partial charge < -0.3 is 10.2 Å². The molecule has 1 fully saturated rings. The van der Waals surface area contributed by atoms with Crippen LogP contribution in [0.4, 0.5) is 0 Å². The lowest BCUT2D eigenvalue weighted by Crippen LogP contribution is -2.39. The van der Waals surface area contributed by atoms with Crippen molar-refractivity contribution in [3.63, 3.8) is 0 Å². The van der Waals surface area contributed by atoms with E-state index < -0.39 is 17.5 Å². The molecule has 0 amide bonds. The van der Waals surface area contributed by atoms with Crippen molar-refractivity contribution in [3.8, 4) is 0 Å². The lowest BCUT2D eigenvalue weighted by Gasteiger charge is -2.30. The fourth-order valence-corrected chi connectivity index (χ4v) is 2.28. The van der Waals surface area contributed by atoms with Gasteiger partial charge in [-0.05, 0) is 31.2 Å². The minimum absolute atomic E-state index is 0.119. The molecule has 3 nitrogen and oxygen atoms in total. The third-order valence-electron chi connectivity index (χ3n) is 3.37. The van der Waals surface area contributed by atoms with Crippen molar-refractivity contribution in [3.05, 3.63) is 35.9 Å². The highest BCUT2D eigenvalue weighted by Crippen LogP contribution is 2.46. The number of carboxylic acids is 1. The number of benzene rings is 1. The maximum atomic E-state index is 11.3. The van der Waals surface area contributed by atoms with Crippen LogP contribution in [0.25, 0.3) is 0 Å². The Morgan fingerprint density at radius 3 is 2.38 bits per heavy atom. The van der Waals surface area contributed by atoms with Crippen LogP contribution in [0.3, 0.4) is 0 Å². The first-order valence-electron chi connectivity index (χ1n) is 5.53. The first-order valence-corrected chi connectivity index (χ1v) is 5.53. The Bertz CT molecular complexity index is 379. The molecule has 0 aliphatic heterocycles. The summed E-state index contributed by atoms with van der Waals surface area (Å²) in [6, 6.07) is 8.96. The van der Waals surface area contributed by atoms with E-state index in [9.17, 15) is 15.0 Å². The van der Waals surface area contributed by atoms with Gasteiger partial charge in [0.1, 0.15) is 5.92 Å². The molecular formula is C13H16O3. The summed E-state index contributed by atoms with van der Waals surface area (Å²) in [6.45, 7) is 1.64. The van der Waals surface area contributed by atoms with Gasteiger partial charge in [0.2, 0.25) is 0 Å². The molecule has 0 saturated heterocycles. The fraction of sp³-hybridized carbons (Fsp3) is 0.462. The average molecular weight is 220 g/mol. The molecule has 1 aromatic rings. The van der Waals surface area contributed by atoms with Crippen LogP contribution in [-0.4, -0.2) is 21.8 Å². The summed E-state index contributed by atoms with van der Waals surface area (Å²) in [4.78, 5) is 11.3. The molecule has 0 spiro atoms. The van der Waals surface area contributed by atoms with E-state index in [0.29, 0.717) is 5.56 Å². The normalized spacial score (nSPS) is 21.1. The van der Waals surface area contributed by atoms with Gasteiger partial charge in [-0.15, -0.1) is 0 Å².